The second kappa shape index (κ2) is 9.48. The zero-order valence-electron chi connectivity index (χ0n) is 24.1. The minimum absolute atomic E-state index is 0.121. The Balaban J connectivity index is 1.41. The fourth-order valence-corrected chi connectivity index (χ4v) is 7.01. The summed E-state index contributed by atoms with van der Waals surface area (Å²) in [5.41, 5.74) is 12.3. The molecule has 2 heterocycles. The van der Waals surface area contributed by atoms with Crippen molar-refractivity contribution >= 4 is 44.6 Å². The van der Waals surface area contributed by atoms with Gasteiger partial charge < -0.3 is 9.47 Å². The van der Waals surface area contributed by atoms with Crippen LogP contribution in [-0.2, 0) is 5.41 Å². The van der Waals surface area contributed by atoms with E-state index >= 15 is 0 Å². The van der Waals surface area contributed by atoms with Gasteiger partial charge in [0.1, 0.15) is 0 Å². The van der Waals surface area contributed by atoms with Crippen LogP contribution in [0, 0.1) is 6.57 Å². The molecule has 43 heavy (non-hydrogen) atoms. The normalized spacial score (nSPS) is 13.5. The molecule has 3 heteroatoms. The van der Waals surface area contributed by atoms with Gasteiger partial charge in [0.15, 0.2) is 5.69 Å². The average Bonchev–Trinajstić information content (AvgIpc) is 3.39. The zero-order chi connectivity index (χ0) is 29.1. The van der Waals surface area contributed by atoms with Crippen LogP contribution in [0.4, 0.5) is 22.7 Å². The Labute approximate surface area is 251 Å². The summed E-state index contributed by atoms with van der Waals surface area (Å²) in [6, 6.07) is 49.6. The third kappa shape index (κ3) is 3.67. The van der Waals surface area contributed by atoms with Crippen LogP contribution in [0.1, 0.15) is 25.0 Å². The Morgan fingerprint density at radius 1 is 0.512 bits per heavy atom. The van der Waals surface area contributed by atoms with Crippen molar-refractivity contribution in [2.75, 3.05) is 4.90 Å². The van der Waals surface area contributed by atoms with E-state index in [2.05, 4.69) is 156 Å². The van der Waals surface area contributed by atoms with Crippen molar-refractivity contribution in [3.63, 3.8) is 0 Å². The summed E-state index contributed by atoms with van der Waals surface area (Å²) in [6.45, 7) is 12.3. The Morgan fingerprint density at radius 2 is 1.02 bits per heavy atom. The lowest BCUT2D eigenvalue weighted by Crippen LogP contribution is -2.30. The number of hydrogen-bond donors (Lipinski definition) is 0. The lowest BCUT2D eigenvalue weighted by molar-refractivity contribution is 0.632. The molecule has 0 radical (unpaired) electrons. The van der Waals surface area contributed by atoms with Gasteiger partial charge in [-0.25, -0.2) is 4.85 Å². The van der Waals surface area contributed by atoms with E-state index in [0.717, 1.165) is 44.3 Å². The molecule has 8 rings (SSSR count). The zero-order valence-corrected chi connectivity index (χ0v) is 24.1. The van der Waals surface area contributed by atoms with E-state index in [4.69, 9.17) is 6.57 Å². The molecule has 204 valence electrons. The van der Waals surface area contributed by atoms with Gasteiger partial charge in [-0.05, 0) is 59.0 Å². The van der Waals surface area contributed by atoms with E-state index in [1.54, 1.807) is 0 Å². The summed E-state index contributed by atoms with van der Waals surface area (Å²) >= 11 is 0. The number of benzene rings is 6. The molecule has 3 nitrogen and oxygen atoms in total. The first-order valence-corrected chi connectivity index (χ1v) is 14.7. The first-order valence-electron chi connectivity index (χ1n) is 14.7. The van der Waals surface area contributed by atoms with Crippen LogP contribution in [0.25, 0.3) is 43.5 Å². The van der Waals surface area contributed by atoms with Gasteiger partial charge in [-0.1, -0.05) is 111 Å². The number of para-hydroxylation sites is 5. The van der Waals surface area contributed by atoms with Crippen molar-refractivity contribution in [3.8, 4) is 16.8 Å². The quantitative estimate of drug-likeness (QED) is 0.199. The molecule has 0 aliphatic carbocycles. The summed E-state index contributed by atoms with van der Waals surface area (Å²) in [6.07, 6.45) is 0. The van der Waals surface area contributed by atoms with E-state index < -0.39 is 0 Å². The molecule has 0 atom stereocenters. The molecule has 0 saturated heterocycles. The van der Waals surface area contributed by atoms with Crippen molar-refractivity contribution in [2.24, 2.45) is 0 Å². The van der Waals surface area contributed by atoms with Crippen LogP contribution in [0.3, 0.4) is 0 Å². The summed E-state index contributed by atoms with van der Waals surface area (Å²) in [4.78, 5) is 6.16. The lowest BCUT2D eigenvalue weighted by atomic mass is 9.73. The largest absolute Gasteiger partial charge is 0.309 e. The fourth-order valence-electron chi connectivity index (χ4n) is 7.01. The minimum atomic E-state index is -0.121. The standard InChI is InChI=1S/C40H29N3/c1-40(2)32-17-7-12-22-38(32)43(39-23-13-8-18-33(39)40)35-20-10-5-15-29(35)28-14-4-9-19-34(28)42-36-21-11-6-16-30(36)31-26-27(41-3)24-25-37(31)42/h4-26H,1-2H3. The van der Waals surface area contributed by atoms with Crippen LogP contribution in [0.5, 0.6) is 0 Å². The smallest absolute Gasteiger partial charge is 0.188 e. The van der Waals surface area contributed by atoms with Crippen LogP contribution in [-0.4, -0.2) is 4.57 Å². The van der Waals surface area contributed by atoms with Crippen molar-refractivity contribution < 1.29 is 0 Å². The van der Waals surface area contributed by atoms with Gasteiger partial charge in [0, 0.05) is 21.9 Å². The SMILES string of the molecule is [C-]#[N+]c1ccc2c(c1)c1ccccc1n2-c1ccccc1-c1ccccc1N1c2ccccc2C(C)(C)c2ccccc21. The molecular formula is C40H29N3. The van der Waals surface area contributed by atoms with Crippen LogP contribution in [0.2, 0.25) is 0 Å². The fraction of sp³-hybridized carbons (Fsp3) is 0.0750. The highest BCUT2D eigenvalue weighted by Crippen LogP contribution is 2.53. The number of aromatic nitrogens is 1. The molecule has 0 bridgehead atoms. The molecule has 0 fully saturated rings. The Kier molecular flexibility index (Phi) is 5.54. The van der Waals surface area contributed by atoms with Gasteiger partial charge in [-0.3, -0.25) is 0 Å². The number of anilines is 3. The molecule has 1 aliphatic heterocycles. The summed E-state index contributed by atoms with van der Waals surface area (Å²) in [5.74, 6) is 0. The average molecular weight is 552 g/mol. The van der Waals surface area contributed by atoms with Gasteiger partial charge in [0.2, 0.25) is 0 Å². The van der Waals surface area contributed by atoms with Crippen LogP contribution >= 0.6 is 0 Å². The molecule has 0 amide bonds. The molecule has 0 unspecified atom stereocenters. The van der Waals surface area contributed by atoms with Crippen molar-refractivity contribution in [2.45, 2.75) is 19.3 Å². The van der Waals surface area contributed by atoms with Crippen molar-refractivity contribution in [3.05, 3.63) is 162 Å². The second-order valence-electron chi connectivity index (χ2n) is 11.7. The molecule has 0 spiro atoms. The Hall–Kier alpha value is -5.59. The molecule has 6 aromatic carbocycles. The second-order valence-corrected chi connectivity index (χ2v) is 11.7. The van der Waals surface area contributed by atoms with Crippen LogP contribution < -0.4 is 4.90 Å². The molecule has 1 aromatic heterocycles. The van der Waals surface area contributed by atoms with E-state index in [1.165, 1.54) is 22.5 Å². The summed E-state index contributed by atoms with van der Waals surface area (Å²) in [5, 5.41) is 2.24. The van der Waals surface area contributed by atoms with Crippen LogP contribution in [0.15, 0.2) is 140 Å². The maximum absolute atomic E-state index is 7.61. The summed E-state index contributed by atoms with van der Waals surface area (Å²) < 4.78 is 2.35. The number of hydrogen-bond acceptors (Lipinski definition) is 1. The highest BCUT2D eigenvalue weighted by Gasteiger charge is 2.37. The number of fused-ring (bicyclic) bond motifs is 5. The van der Waals surface area contributed by atoms with E-state index in [1.807, 2.05) is 12.1 Å². The maximum Gasteiger partial charge on any atom is 0.188 e. The molecule has 7 aromatic rings. The highest BCUT2D eigenvalue weighted by atomic mass is 15.2. The minimum Gasteiger partial charge on any atom is -0.309 e. The third-order valence-electron chi connectivity index (χ3n) is 9.00. The van der Waals surface area contributed by atoms with Crippen molar-refractivity contribution in [1.29, 1.82) is 0 Å². The van der Waals surface area contributed by atoms with Gasteiger partial charge in [-0.2, -0.15) is 0 Å². The van der Waals surface area contributed by atoms with E-state index in [0.29, 0.717) is 5.69 Å². The topological polar surface area (TPSA) is 12.5 Å². The van der Waals surface area contributed by atoms with Gasteiger partial charge in [0.05, 0.1) is 40.4 Å². The Morgan fingerprint density at radius 3 is 1.70 bits per heavy atom. The molecule has 0 N–H and O–H groups in total. The monoisotopic (exact) mass is 551 g/mol. The molecular weight excluding hydrogens is 522 g/mol. The summed E-state index contributed by atoms with van der Waals surface area (Å²) in [7, 11) is 0. The first kappa shape index (κ1) is 25.1. The predicted octanol–water partition coefficient (Wildman–Crippen LogP) is 11.1. The van der Waals surface area contributed by atoms with Crippen molar-refractivity contribution in [1.82, 2.24) is 4.57 Å². The Bertz CT molecular complexity index is 2200. The van der Waals surface area contributed by atoms with Gasteiger partial charge >= 0.3 is 0 Å². The number of nitrogens with zero attached hydrogens (tertiary/aromatic N) is 3. The molecule has 0 saturated carbocycles. The van der Waals surface area contributed by atoms with Gasteiger partial charge in [-0.15, -0.1) is 0 Å². The lowest BCUT2D eigenvalue weighted by Gasteiger charge is -2.42. The predicted molar refractivity (Wildman–Crippen MR) is 179 cm³/mol. The third-order valence-corrected chi connectivity index (χ3v) is 9.00. The maximum atomic E-state index is 7.61. The highest BCUT2D eigenvalue weighted by molar-refractivity contribution is 6.11. The van der Waals surface area contributed by atoms with Gasteiger partial charge in [0.25, 0.3) is 0 Å². The first-order chi connectivity index (χ1) is 21.1. The van der Waals surface area contributed by atoms with E-state index in [-0.39, 0.29) is 5.41 Å². The molecule has 1 aliphatic rings. The van der Waals surface area contributed by atoms with E-state index in [9.17, 15) is 0 Å². The number of rotatable bonds is 3.